The molecule has 0 aliphatic carbocycles. The van der Waals surface area contributed by atoms with Gasteiger partial charge >= 0.3 is 0 Å². The number of benzene rings is 2. The molecule has 0 radical (unpaired) electrons. The van der Waals surface area contributed by atoms with E-state index < -0.39 is 22.0 Å². The van der Waals surface area contributed by atoms with E-state index in [0.717, 1.165) is 29.8 Å². The van der Waals surface area contributed by atoms with E-state index >= 15 is 0 Å². The highest BCUT2D eigenvalue weighted by atomic mass is 35.5. The van der Waals surface area contributed by atoms with Crippen LogP contribution in [0.15, 0.2) is 42.5 Å². The summed E-state index contributed by atoms with van der Waals surface area (Å²) in [6, 6.07) is 10.6. The third-order valence-electron chi connectivity index (χ3n) is 5.56. The summed E-state index contributed by atoms with van der Waals surface area (Å²) in [5.74, 6) is -0.687. The molecule has 0 unspecified atom stereocenters. The number of carbonyl (C=O) groups excluding carboxylic acids is 2. The first-order valence-corrected chi connectivity index (χ1v) is 12.8. The molecule has 9 heteroatoms. The molecule has 7 nitrogen and oxygen atoms in total. The number of amides is 2. The third-order valence-corrected chi connectivity index (χ3v) is 7.02. The lowest BCUT2D eigenvalue weighted by Crippen LogP contribution is -2.46. The van der Waals surface area contributed by atoms with E-state index in [2.05, 4.69) is 5.32 Å². The second-order valence-electron chi connectivity index (χ2n) is 8.05. The normalized spacial score (nSPS) is 15.2. The van der Waals surface area contributed by atoms with Gasteiger partial charge < -0.3 is 10.2 Å². The molecule has 32 heavy (non-hydrogen) atoms. The topological polar surface area (TPSA) is 86.8 Å². The lowest BCUT2D eigenvalue weighted by Gasteiger charge is -2.30. The molecule has 0 spiro atoms. The number of nitrogens with zero attached hydrogens (tertiary/aromatic N) is 2. The van der Waals surface area contributed by atoms with Crippen molar-refractivity contribution in [3.63, 3.8) is 0 Å². The Hall–Kier alpha value is -2.58. The van der Waals surface area contributed by atoms with Gasteiger partial charge in [-0.05, 0) is 62.9 Å². The predicted molar refractivity (Wildman–Crippen MR) is 128 cm³/mol. The third kappa shape index (κ3) is 5.42. The van der Waals surface area contributed by atoms with Crippen molar-refractivity contribution in [2.45, 2.75) is 39.2 Å². The first-order valence-electron chi connectivity index (χ1n) is 10.5. The predicted octanol–water partition coefficient (Wildman–Crippen LogP) is 4.07. The van der Waals surface area contributed by atoms with Crippen molar-refractivity contribution >= 4 is 44.8 Å². The van der Waals surface area contributed by atoms with Crippen molar-refractivity contribution < 1.29 is 18.0 Å². The van der Waals surface area contributed by atoms with Crippen LogP contribution in [0.2, 0.25) is 5.02 Å². The van der Waals surface area contributed by atoms with Crippen LogP contribution in [0.4, 0.5) is 11.4 Å². The van der Waals surface area contributed by atoms with Gasteiger partial charge in [0.1, 0.15) is 6.04 Å². The van der Waals surface area contributed by atoms with Crippen molar-refractivity contribution in [2.24, 2.45) is 0 Å². The van der Waals surface area contributed by atoms with Gasteiger partial charge in [0.05, 0.1) is 23.2 Å². The van der Waals surface area contributed by atoms with E-state index in [4.69, 9.17) is 11.6 Å². The zero-order valence-electron chi connectivity index (χ0n) is 18.5. The molecular formula is C23H28ClN3O4S. The minimum absolute atomic E-state index is 0.140. The quantitative estimate of drug-likeness (QED) is 0.679. The van der Waals surface area contributed by atoms with Crippen molar-refractivity contribution in [2.75, 3.05) is 29.0 Å². The van der Waals surface area contributed by atoms with Gasteiger partial charge in [0, 0.05) is 18.1 Å². The van der Waals surface area contributed by atoms with E-state index in [-0.39, 0.29) is 5.91 Å². The number of hydrogen-bond donors (Lipinski definition) is 1. The molecule has 0 saturated carbocycles. The number of nitrogens with one attached hydrogen (secondary N) is 1. The minimum Gasteiger partial charge on any atom is -0.339 e. The second kappa shape index (κ2) is 9.92. The molecule has 2 aromatic rings. The summed E-state index contributed by atoms with van der Waals surface area (Å²) < 4.78 is 26.3. The van der Waals surface area contributed by atoms with Gasteiger partial charge in [-0.15, -0.1) is 0 Å². The lowest BCUT2D eigenvalue weighted by molar-refractivity contribution is -0.116. The van der Waals surface area contributed by atoms with Gasteiger partial charge in [-0.1, -0.05) is 29.8 Å². The highest BCUT2D eigenvalue weighted by molar-refractivity contribution is 7.92. The fourth-order valence-electron chi connectivity index (χ4n) is 3.88. The van der Waals surface area contributed by atoms with Crippen LogP contribution in [-0.2, 0) is 14.8 Å². The van der Waals surface area contributed by atoms with Crippen LogP contribution < -0.4 is 9.62 Å². The molecule has 1 saturated heterocycles. The Morgan fingerprint density at radius 3 is 2.41 bits per heavy atom. The molecule has 3 rings (SSSR count). The molecule has 1 N–H and O–H groups in total. The average Bonchev–Trinajstić information content (AvgIpc) is 2.75. The summed E-state index contributed by atoms with van der Waals surface area (Å²) in [5, 5.41) is 3.13. The Kier molecular flexibility index (Phi) is 7.46. The number of anilines is 2. The van der Waals surface area contributed by atoms with E-state index in [9.17, 15) is 18.0 Å². The van der Waals surface area contributed by atoms with Gasteiger partial charge in [0.2, 0.25) is 15.9 Å². The number of aryl methyl sites for hydroxylation is 1. The summed E-state index contributed by atoms with van der Waals surface area (Å²) in [4.78, 5) is 28.0. The Labute approximate surface area is 194 Å². The van der Waals surface area contributed by atoms with Gasteiger partial charge in [-0.2, -0.15) is 0 Å². The lowest BCUT2D eigenvalue weighted by atomic mass is 10.1. The summed E-state index contributed by atoms with van der Waals surface area (Å²) >= 11 is 6.09. The average molecular weight is 478 g/mol. The number of para-hydroxylation sites is 1. The number of hydrogen-bond acceptors (Lipinski definition) is 4. The highest BCUT2D eigenvalue weighted by Gasteiger charge is 2.31. The van der Waals surface area contributed by atoms with Crippen LogP contribution >= 0.6 is 11.6 Å². The number of halogens is 1. The maximum Gasteiger partial charge on any atom is 0.255 e. The second-order valence-corrected chi connectivity index (χ2v) is 10.3. The van der Waals surface area contributed by atoms with Gasteiger partial charge in [-0.25, -0.2) is 8.42 Å². The summed E-state index contributed by atoms with van der Waals surface area (Å²) in [6.45, 7) is 4.63. The Bertz CT molecular complexity index is 1110. The molecular weight excluding hydrogens is 450 g/mol. The SMILES string of the molecule is Cc1ccc(Cl)cc1N([C@@H](C)C(=O)Nc1ccccc1C(=O)N1CCCCC1)S(C)(=O)=O. The van der Waals surface area contributed by atoms with Crippen molar-refractivity contribution in [3.8, 4) is 0 Å². The van der Waals surface area contributed by atoms with Crippen LogP contribution in [-0.4, -0.2) is 50.5 Å². The van der Waals surface area contributed by atoms with Crippen molar-refractivity contribution in [1.82, 2.24) is 4.90 Å². The molecule has 1 atom stereocenters. The Morgan fingerprint density at radius 1 is 1.09 bits per heavy atom. The van der Waals surface area contributed by atoms with Crippen LogP contribution in [0, 0.1) is 6.92 Å². The van der Waals surface area contributed by atoms with E-state index in [1.165, 1.54) is 13.0 Å². The van der Waals surface area contributed by atoms with E-state index in [1.54, 1.807) is 48.2 Å². The maximum absolute atomic E-state index is 13.1. The van der Waals surface area contributed by atoms with Crippen LogP contribution in [0.3, 0.4) is 0 Å². The molecule has 1 fully saturated rings. The molecule has 1 heterocycles. The molecule has 2 aromatic carbocycles. The van der Waals surface area contributed by atoms with Crippen molar-refractivity contribution in [3.05, 3.63) is 58.6 Å². The number of likely N-dealkylation sites (tertiary alicyclic amines) is 1. The molecule has 1 aliphatic rings. The van der Waals surface area contributed by atoms with Gasteiger partial charge in [-0.3, -0.25) is 13.9 Å². The standard InChI is InChI=1S/C23H28ClN3O4S/c1-16-11-12-18(24)15-21(16)27(32(3,30)31)17(2)22(28)25-20-10-6-5-9-19(20)23(29)26-13-7-4-8-14-26/h5-6,9-12,15,17H,4,7-8,13-14H2,1-3H3,(H,25,28)/t17-/m0/s1. The smallest absolute Gasteiger partial charge is 0.255 e. The van der Waals surface area contributed by atoms with Gasteiger partial charge in [0.15, 0.2) is 0 Å². The van der Waals surface area contributed by atoms with Crippen molar-refractivity contribution in [1.29, 1.82) is 0 Å². The monoisotopic (exact) mass is 477 g/mol. The Morgan fingerprint density at radius 2 is 1.75 bits per heavy atom. The fourth-order valence-corrected chi connectivity index (χ4v) is 5.27. The molecule has 172 valence electrons. The summed E-state index contributed by atoms with van der Waals surface area (Å²) in [5.41, 5.74) is 1.75. The first kappa shape index (κ1) is 24.1. The zero-order chi connectivity index (χ0) is 23.5. The molecule has 0 aromatic heterocycles. The largest absolute Gasteiger partial charge is 0.339 e. The molecule has 0 bridgehead atoms. The molecule has 2 amide bonds. The maximum atomic E-state index is 13.1. The van der Waals surface area contributed by atoms with Gasteiger partial charge in [0.25, 0.3) is 5.91 Å². The molecule has 1 aliphatic heterocycles. The zero-order valence-corrected chi connectivity index (χ0v) is 20.0. The number of piperidine rings is 1. The minimum atomic E-state index is -3.80. The number of rotatable bonds is 6. The van der Waals surface area contributed by atoms with E-state index in [0.29, 0.717) is 40.6 Å². The summed E-state index contributed by atoms with van der Waals surface area (Å²) in [7, 11) is -3.80. The number of sulfonamides is 1. The fraction of sp³-hybridized carbons (Fsp3) is 0.391. The highest BCUT2D eigenvalue weighted by Crippen LogP contribution is 2.29. The van der Waals surface area contributed by atoms with Crippen LogP contribution in [0.25, 0.3) is 0 Å². The summed E-state index contributed by atoms with van der Waals surface area (Å²) in [6.07, 6.45) is 4.06. The van der Waals surface area contributed by atoms with E-state index in [1.807, 2.05) is 0 Å². The van der Waals surface area contributed by atoms with Crippen LogP contribution in [0.5, 0.6) is 0 Å². The Balaban J connectivity index is 1.89. The van der Waals surface area contributed by atoms with Crippen LogP contribution in [0.1, 0.15) is 42.1 Å². The number of carbonyl (C=O) groups is 2. The first-order chi connectivity index (χ1) is 15.1.